The quantitative estimate of drug-likeness (QED) is 0.655. The van der Waals surface area contributed by atoms with Crippen LogP contribution in [0.15, 0.2) is 0 Å². The van der Waals surface area contributed by atoms with E-state index < -0.39 is 0 Å². The summed E-state index contributed by atoms with van der Waals surface area (Å²) in [5.41, 5.74) is 0. The van der Waals surface area contributed by atoms with Crippen LogP contribution in [0.5, 0.6) is 0 Å². The number of rotatable bonds is 2. The van der Waals surface area contributed by atoms with Gasteiger partial charge in [-0.05, 0) is 26.2 Å². The summed E-state index contributed by atoms with van der Waals surface area (Å²) in [6.07, 6.45) is 5.60. The van der Waals surface area contributed by atoms with E-state index in [2.05, 4.69) is 18.3 Å². The van der Waals surface area contributed by atoms with Crippen molar-refractivity contribution in [1.82, 2.24) is 5.32 Å². The molecule has 2 nitrogen and oxygen atoms in total. The summed E-state index contributed by atoms with van der Waals surface area (Å²) in [5, 5.41) is 11.9. The second kappa shape index (κ2) is 4.35. The molecule has 1 aliphatic heterocycles. The predicted octanol–water partition coefficient (Wildman–Crippen LogP) is 1.82. The molecular weight excluding hydrogens is 136 g/mol. The van der Waals surface area contributed by atoms with Gasteiger partial charge in [0.1, 0.15) is 0 Å². The summed E-state index contributed by atoms with van der Waals surface area (Å²) in [4.78, 5) is 0. The minimum absolute atomic E-state index is 0.610. The van der Waals surface area contributed by atoms with Gasteiger partial charge < -0.3 is 5.32 Å². The van der Waals surface area contributed by atoms with Crippen LogP contribution in [0.2, 0.25) is 0 Å². The molecule has 0 aliphatic carbocycles. The highest BCUT2D eigenvalue weighted by Crippen LogP contribution is 2.15. The zero-order valence-electron chi connectivity index (χ0n) is 7.14. The Balaban J connectivity index is 2.18. The molecule has 1 saturated heterocycles. The van der Waals surface area contributed by atoms with Crippen molar-refractivity contribution in [3.63, 3.8) is 0 Å². The third kappa shape index (κ3) is 2.90. The largest absolute Gasteiger partial charge is 0.311 e. The second-order valence-electron chi connectivity index (χ2n) is 3.39. The Labute approximate surface area is 68.6 Å². The van der Waals surface area contributed by atoms with E-state index >= 15 is 0 Å². The van der Waals surface area contributed by atoms with Crippen molar-refractivity contribution in [2.45, 2.75) is 51.1 Å². The van der Waals surface area contributed by atoms with Crippen LogP contribution in [0.3, 0.4) is 0 Å². The first-order valence-electron chi connectivity index (χ1n) is 4.46. The van der Waals surface area contributed by atoms with Gasteiger partial charge in [-0.1, -0.05) is 6.42 Å². The van der Waals surface area contributed by atoms with Crippen molar-refractivity contribution in [2.24, 2.45) is 0 Å². The highest BCUT2D eigenvalue weighted by atomic mass is 15.0. The minimum atomic E-state index is 0.610. The lowest BCUT2D eigenvalue weighted by atomic mass is 9.97. The molecule has 0 amide bonds. The van der Waals surface area contributed by atoms with E-state index in [1.165, 1.54) is 19.3 Å². The first-order valence-corrected chi connectivity index (χ1v) is 4.46. The Morgan fingerprint density at radius 3 is 3.00 bits per heavy atom. The van der Waals surface area contributed by atoms with Gasteiger partial charge in [0, 0.05) is 18.5 Å². The lowest BCUT2D eigenvalue weighted by Gasteiger charge is -2.28. The number of nitrogens with one attached hydrogen (secondary N) is 1. The van der Waals surface area contributed by atoms with Crippen molar-refractivity contribution < 1.29 is 0 Å². The van der Waals surface area contributed by atoms with Gasteiger partial charge >= 0.3 is 0 Å². The van der Waals surface area contributed by atoms with E-state index in [-0.39, 0.29) is 0 Å². The molecule has 0 bridgehead atoms. The van der Waals surface area contributed by atoms with Crippen LogP contribution in [-0.2, 0) is 0 Å². The van der Waals surface area contributed by atoms with Crippen LogP contribution in [0.4, 0.5) is 0 Å². The average Bonchev–Trinajstić information content (AvgIpc) is 2.01. The molecule has 1 aliphatic rings. The zero-order chi connectivity index (χ0) is 8.10. The first kappa shape index (κ1) is 8.55. The van der Waals surface area contributed by atoms with Gasteiger partial charge in [-0.3, -0.25) is 0 Å². The minimum Gasteiger partial charge on any atom is -0.311 e. The monoisotopic (exact) mass is 152 g/mol. The van der Waals surface area contributed by atoms with Crippen LogP contribution in [0, 0.1) is 11.3 Å². The summed E-state index contributed by atoms with van der Waals surface area (Å²) in [7, 11) is 0. The molecule has 0 unspecified atom stereocenters. The van der Waals surface area contributed by atoms with Gasteiger partial charge in [-0.15, -0.1) is 0 Å². The topological polar surface area (TPSA) is 35.8 Å². The fourth-order valence-electron chi connectivity index (χ4n) is 1.71. The smallest absolute Gasteiger partial charge is 0.0622 e. The van der Waals surface area contributed by atoms with Crippen molar-refractivity contribution in [3.05, 3.63) is 0 Å². The van der Waals surface area contributed by atoms with E-state index in [1.807, 2.05) is 0 Å². The summed E-state index contributed by atoms with van der Waals surface area (Å²) in [5.74, 6) is 0. The number of nitrogens with zero attached hydrogens (tertiary/aromatic N) is 1. The molecule has 0 saturated carbocycles. The normalized spacial score (nSPS) is 31.3. The van der Waals surface area contributed by atoms with Crippen LogP contribution in [0.25, 0.3) is 0 Å². The highest BCUT2D eigenvalue weighted by molar-refractivity contribution is 4.81. The Hall–Kier alpha value is -0.550. The SMILES string of the molecule is C[C@@H]1CCC[C@@H](CCC#N)N1. The van der Waals surface area contributed by atoms with Crippen LogP contribution >= 0.6 is 0 Å². The number of hydrogen-bond acceptors (Lipinski definition) is 2. The Kier molecular flexibility index (Phi) is 3.38. The lowest BCUT2D eigenvalue weighted by Crippen LogP contribution is -2.40. The summed E-state index contributed by atoms with van der Waals surface area (Å²) in [6, 6.07) is 3.46. The van der Waals surface area contributed by atoms with E-state index in [0.717, 1.165) is 6.42 Å². The fraction of sp³-hybridized carbons (Fsp3) is 0.889. The molecule has 1 N–H and O–H groups in total. The molecule has 0 aromatic rings. The number of hydrogen-bond donors (Lipinski definition) is 1. The Bertz CT molecular complexity index is 148. The summed E-state index contributed by atoms with van der Waals surface area (Å²) in [6.45, 7) is 2.22. The van der Waals surface area contributed by atoms with Gasteiger partial charge in [0.05, 0.1) is 6.07 Å². The van der Waals surface area contributed by atoms with Gasteiger partial charge in [0.15, 0.2) is 0 Å². The van der Waals surface area contributed by atoms with Gasteiger partial charge in [-0.25, -0.2) is 0 Å². The van der Waals surface area contributed by atoms with Crippen molar-refractivity contribution in [3.8, 4) is 6.07 Å². The van der Waals surface area contributed by atoms with Crippen molar-refractivity contribution in [2.75, 3.05) is 0 Å². The molecule has 2 heteroatoms. The van der Waals surface area contributed by atoms with E-state index in [9.17, 15) is 0 Å². The maximum absolute atomic E-state index is 8.39. The van der Waals surface area contributed by atoms with Gasteiger partial charge in [-0.2, -0.15) is 5.26 Å². The molecule has 2 atom stereocenters. The van der Waals surface area contributed by atoms with E-state index in [4.69, 9.17) is 5.26 Å². The molecular formula is C9H16N2. The zero-order valence-corrected chi connectivity index (χ0v) is 7.14. The first-order chi connectivity index (χ1) is 5.33. The molecule has 0 radical (unpaired) electrons. The Morgan fingerprint density at radius 2 is 2.36 bits per heavy atom. The average molecular weight is 152 g/mol. The van der Waals surface area contributed by atoms with Gasteiger partial charge in [0.2, 0.25) is 0 Å². The number of nitriles is 1. The number of piperidine rings is 1. The maximum atomic E-state index is 8.39. The molecule has 0 aromatic carbocycles. The van der Waals surface area contributed by atoms with Crippen molar-refractivity contribution >= 4 is 0 Å². The molecule has 1 heterocycles. The Morgan fingerprint density at radius 1 is 1.55 bits per heavy atom. The summed E-state index contributed by atoms with van der Waals surface area (Å²) < 4.78 is 0. The van der Waals surface area contributed by atoms with Crippen LogP contribution in [0.1, 0.15) is 39.0 Å². The highest BCUT2D eigenvalue weighted by Gasteiger charge is 2.16. The molecule has 1 fully saturated rings. The van der Waals surface area contributed by atoms with Gasteiger partial charge in [0.25, 0.3) is 0 Å². The predicted molar refractivity (Wildman–Crippen MR) is 45.1 cm³/mol. The standard InChI is InChI=1S/C9H16N2/c1-8-4-2-5-9(11-8)6-3-7-10/h8-9,11H,2-6H2,1H3/t8-,9+/m1/s1. The molecule has 62 valence electrons. The molecule has 11 heavy (non-hydrogen) atoms. The fourth-order valence-corrected chi connectivity index (χ4v) is 1.71. The molecule has 0 spiro atoms. The van der Waals surface area contributed by atoms with Crippen LogP contribution in [-0.4, -0.2) is 12.1 Å². The molecule has 0 aromatic heterocycles. The van der Waals surface area contributed by atoms with E-state index in [1.54, 1.807) is 0 Å². The van der Waals surface area contributed by atoms with E-state index in [0.29, 0.717) is 18.5 Å². The third-order valence-corrected chi connectivity index (χ3v) is 2.31. The summed E-state index contributed by atoms with van der Waals surface area (Å²) >= 11 is 0. The maximum Gasteiger partial charge on any atom is 0.0622 e. The van der Waals surface area contributed by atoms with Crippen molar-refractivity contribution in [1.29, 1.82) is 5.26 Å². The molecule has 1 rings (SSSR count). The lowest BCUT2D eigenvalue weighted by molar-refractivity contribution is 0.324. The third-order valence-electron chi connectivity index (χ3n) is 2.31. The second-order valence-corrected chi connectivity index (χ2v) is 3.39. The van der Waals surface area contributed by atoms with Crippen LogP contribution < -0.4 is 5.32 Å².